The number of hydrogen-bond donors (Lipinski definition) is 4. The average molecular weight is 315 g/mol. The van der Waals surface area contributed by atoms with Gasteiger partial charge < -0.3 is 26.3 Å². The van der Waals surface area contributed by atoms with Crippen LogP contribution in [0, 0.1) is 5.92 Å². The molecule has 2 aliphatic rings. The van der Waals surface area contributed by atoms with Crippen molar-refractivity contribution >= 4 is 12.2 Å². The summed E-state index contributed by atoms with van der Waals surface area (Å²) in [7, 11) is 1.74. The second-order valence-corrected chi connectivity index (χ2v) is 5.97. The van der Waals surface area contributed by atoms with E-state index in [-0.39, 0.29) is 12.1 Å². The van der Waals surface area contributed by atoms with Gasteiger partial charge in [0, 0.05) is 6.04 Å². The Morgan fingerprint density at radius 1 is 1.41 bits per heavy atom. The maximum atomic E-state index is 10.6. The third-order valence-corrected chi connectivity index (χ3v) is 3.59. The van der Waals surface area contributed by atoms with Gasteiger partial charge in [0.25, 0.3) is 0 Å². The fourth-order valence-corrected chi connectivity index (χ4v) is 2.14. The van der Waals surface area contributed by atoms with E-state index in [1.54, 1.807) is 7.05 Å². The summed E-state index contributed by atoms with van der Waals surface area (Å²) < 4.78 is 0. The van der Waals surface area contributed by atoms with Gasteiger partial charge in [-0.05, 0) is 38.8 Å². The van der Waals surface area contributed by atoms with Crippen molar-refractivity contribution in [3.63, 3.8) is 0 Å². The number of nitrogens with two attached hydrogens (primary N) is 1. The first-order valence-corrected chi connectivity index (χ1v) is 8.33. The predicted octanol–water partition coefficient (Wildman–Crippen LogP) is 0.574. The van der Waals surface area contributed by atoms with Crippen molar-refractivity contribution < 1.29 is 14.7 Å². The molecule has 2 rings (SSSR count). The molecule has 130 valence electrons. The maximum Gasteiger partial charge on any atom is 0.247 e. The first-order chi connectivity index (χ1) is 10.5. The number of primary amides is 1. The molecular formula is C16H33N3O3. The highest BCUT2D eigenvalue weighted by molar-refractivity contribution is 5.79. The molecule has 3 unspecified atom stereocenters. The van der Waals surface area contributed by atoms with Crippen molar-refractivity contribution in [1.82, 2.24) is 10.6 Å². The molecule has 1 aliphatic heterocycles. The highest BCUT2D eigenvalue weighted by atomic mass is 16.3. The average Bonchev–Trinajstić information content (AvgIpc) is 3.16. The first kappa shape index (κ1) is 21.0. The van der Waals surface area contributed by atoms with Crippen molar-refractivity contribution in [3.8, 4) is 0 Å². The summed E-state index contributed by atoms with van der Waals surface area (Å²) >= 11 is 0. The van der Waals surface area contributed by atoms with Crippen LogP contribution in [0.25, 0.3) is 0 Å². The molecule has 1 heterocycles. The van der Waals surface area contributed by atoms with E-state index in [0.29, 0.717) is 5.92 Å². The number of likely N-dealkylation sites (N-methyl/N-ethyl adjacent to an activating group) is 1. The van der Waals surface area contributed by atoms with E-state index < -0.39 is 12.0 Å². The van der Waals surface area contributed by atoms with Gasteiger partial charge in [0.1, 0.15) is 12.4 Å². The Labute approximate surface area is 134 Å². The number of aliphatic hydroxyl groups is 1. The molecule has 0 bridgehead atoms. The summed E-state index contributed by atoms with van der Waals surface area (Å²) in [6, 6.07) is -0.00463. The number of carbonyl (C=O) groups excluding carboxylic acids is 2. The van der Waals surface area contributed by atoms with Crippen molar-refractivity contribution in [1.29, 1.82) is 0 Å². The smallest absolute Gasteiger partial charge is 0.247 e. The summed E-state index contributed by atoms with van der Waals surface area (Å²) in [5.74, 6) is 0.0337. The molecule has 0 aromatic carbocycles. The zero-order valence-corrected chi connectivity index (χ0v) is 14.2. The SMILES string of the molecule is CCC.CNC(CC1CC1)C(O)C(N)=O.O=CC1CCCN1. The third kappa shape index (κ3) is 9.87. The molecule has 22 heavy (non-hydrogen) atoms. The van der Waals surface area contributed by atoms with Crippen molar-refractivity contribution in [3.05, 3.63) is 0 Å². The number of aldehydes is 1. The van der Waals surface area contributed by atoms with Gasteiger partial charge in [-0.15, -0.1) is 0 Å². The van der Waals surface area contributed by atoms with Crippen LogP contribution in [0.4, 0.5) is 0 Å². The Bertz CT molecular complexity index is 303. The molecule has 0 aromatic heterocycles. The van der Waals surface area contributed by atoms with Crippen LogP contribution in [0.5, 0.6) is 0 Å². The Kier molecular flexibility index (Phi) is 12.0. The van der Waals surface area contributed by atoms with E-state index in [2.05, 4.69) is 24.5 Å². The van der Waals surface area contributed by atoms with Gasteiger partial charge in [0.2, 0.25) is 5.91 Å². The molecule has 0 aromatic rings. The monoisotopic (exact) mass is 315 g/mol. The van der Waals surface area contributed by atoms with E-state index in [9.17, 15) is 14.7 Å². The summed E-state index contributed by atoms with van der Waals surface area (Å²) in [5.41, 5.74) is 4.98. The largest absolute Gasteiger partial charge is 0.382 e. The quantitative estimate of drug-likeness (QED) is 0.537. The molecule has 1 amide bonds. The Hall–Kier alpha value is -0.980. The van der Waals surface area contributed by atoms with Crippen LogP contribution in [0.1, 0.15) is 52.4 Å². The molecule has 3 atom stereocenters. The second-order valence-electron chi connectivity index (χ2n) is 5.97. The van der Waals surface area contributed by atoms with Crippen LogP contribution in [0.3, 0.4) is 0 Å². The van der Waals surface area contributed by atoms with Gasteiger partial charge >= 0.3 is 0 Å². The summed E-state index contributed by atoms with van der Waals surface area (Å²) in [6.07, 6.45) is 6.64. The number of amides is 1. The molecule has 1 aliphatic carbocycles. The molecule has 1 saturated carbocycles. The van der Waals surface area contributed by atoms with Crippen molar-refractivity contribution in [2.75, 3.05) is 13.6 Å². The normalized spacial score (nSPS) is 22.5. The summed E-state index contributed by atoms with van der Waals surface area (Å²) in [4.78, 5) is 20.6. The fraction of sp³-hybridized carbons (Fsp3) is 0.875. The minimum atomic E-state index is -1.05. The lowest BCUT2D eigenvalue weighted by atomic mass is 10.0. The van der Waals surface area contributed by atoms with E-state index in [1.807, 2.05) is 0 Å². The minimum Gasteiger partial charge on any atom is -0.382 e. The zero-order chi connectivity index (χ0) is 17.0. The van der Waals surface area contributed by atoms with Crippen LogP contribution in [-0.4, -0.2) is 49.1 Å². The third-order valence-electron chi connectivity index (χ3n) is 3.59. The van der Waals surface area contributed by atoms with Gasteiger partial charge in [0.05, 0.1) is 6.04 Å². The van der Waals surface area contributed by atoms with Gasteiger partial charge in [-0.2, -0.15) is 0 Å². The Balaban J connectivity index is 0.000000372. The molecule has 1 saturated heterocycles. The lowest BCUT2D eigenvalue weighted by molar-refractivity contribution is -0.127. The minimum absolute atomic E-state index is 0.167. The Morgan fingerprint density at radius 2 is 2.00 bits per heavy atom. The predicted molar refractivity (Wildman–Crippen MR) is 88.4 cm³/mol. The fourth-order valence-electron chi connectivity index (χ4n) is 2.14. The number of carbonyl (C=O) groups is 2. The second kappa shape index (κ2) is 12.6. The molecule has 6 nitrogen and oxygen atoms in total. The first-order valence-electron chi connectivity index (χ1n) is 8.33. The molecular weight excluding hydrogens is 282 g/mol. The standard InChI is InChI=1S/C8H16N2O2.C5H9NO.C3H8/c1-10-6(4-5-2-3-5)7(11)8(9)12;7-4-5-2-1-3-6-5;1-3-2/h5-7,10-11H,2-4H2,1H3,(H2,9,12);4-6H,1-3H2;3H2,1-2H3. The molecule has 0 radical (unpaired) electrons. The van der Waals surface area contributed by atoms with E-state index in [4.69, 9.17) is 5.73 Å². The van der Waals surface area contributed by atoms with Gasteiger partial charge in [-0.1, -0.05) is 33.1 Å². The maximum absolute atomic E-state index is 10.6. The molecule has 6 heteroatoms. The van der Waals surface area contributed by atoms with Crippen LogP contribution in [-0.2, 0) is 9.59 Å². The van der Waals surface area contributed by atoms with E-state index in [1.165, 1.54) is 19.3 Å². The van der Waals surface area contributed by atoms with Gasteiger partial charge in [-0.25, -0.2) is 0 Å². The van der Waals surface area contributed by atoms with Crippen LogP contribution < -0.4 is 16.4 Å². The lowest BCUT2D eigenvalue weighted by Gasteiger charge is -2.19. The van der Waals surface area contributed by atoms with E-state index in [0.717, 1.165) is 32.1 Å². The summed E-state index contributed by atoms with van der Waals surface area (Å²) in [5, 5.41) is 15.3. The zero-order valence-electron chi connectivity index (χ0n) is 14.2. The number of aliphatic hydroxyl groups excluding tert-OH is 1. The molecule has 0 spiro atoms. The molecule has 2 fully saturated rings. The van der Waals surface area contributed by atoms with Crippen molar-refractivity contribution in [2.24, 2.45) is 11.7 Å². The van der Waals surface area contributed by atoms with Gasteiger partial charge in [-0.3, -0.25) is 4.79 Å². The number of nitrogens with one attached hydrogen (secondary N) is 2. The number of rotatable bonds is 6. The Morgan fingerprint density at radius 3 is 2.27 bits per heavy atom. The van der Waals surface area contributed by atoms with E-state index >= 15 is 0 Å². The topological polar surface area (TPSA) is 104 Å². The van der Waals surface area contributed by atoms with Gasteiger partial charge in [0.15, 0.2) is 0 Å². The number of hydrogen-bond acceptors (Lipinski definition) is 5. The van der Waals surface area contributed by atoms with Crippen LogP contribution >= 0.6 is 0 Å². The van der Waals surface area contributed by atoms with Crippen LogP contribution in [0.15, 0.2) is 0 Å². The highest BCUT2D eigenvalue weighted by Crippen LogP contribution is 2.33. The molecule has 5 N–H and O–H groups in total. The van der Waals surface area contributed by atoms with Crippen LogP contribution in [0.2, 0.25) is 0 Å². The highest BCUT2D eigenvalue weighted by Gasteiger charge is 2.30. The van der Waals surface area contributed by atoms with Crippen molar-refractivity contribution in [2.45, 2.75) is 70.6 Å². The lowest BCUT2D eigenvalue weighted by Crippen LogP contribution is -2.45. The summed E-state index contributed by atoms with van der Waals surface area (Å²) in [6.45, 7) is 5.27.